The minimum Gasteiger partial charge on any atom is -0.465 e. The first-order chi connectivity index (χ1) is 8.99. The molecule has 2 aromatic rings. The zero-order valence-electron chi connectivity index (χ0n) is 9.78. The molecule has 1 heterocycles. The number of carbonyl (C=O) groups is 1. The lowest BCUT2D eigenvalue weighted by Gasteiger charge is -2.01. The Kier molecular flexibility index (Phi) is 3.15. The summed E-state index contributed by atoms with van der Waals surface area (Å²) in [5, 5.41) is 25.2. The zero-order valence-corrected chi connectivity index (χ0v) is 9.78. The largest absolute Gasteiger partial charge is 0.465 e. The molecule has 1 aromatic carbocycles. The summed E-state index contributed by atoms with van der Waals surface area (Å²) in [6.07, 6.45) is -1.27. The van der Waals surface area contributed by atoms with Gasteiger partial charge in [-0.2, -0.15) is 0 Å². The fourth-order valence-electron chi connectivity index (χ4n) is 1.58. The number of nitro benzene ring substituents is 1. The Morgan fingerprint density at radius 3 is 2.89 bits per heavy atom. The first kappa shape index (κ1) is 12.6. The lowest BCUT2D eigenvalue weighted by Crippen LogP contribution is -2.08. The molecule has 1 aromatic heterocycles. The molecule has 0 unspecified atom stereocenters. The predicted octanol–water partition coefficient (Wildman–Crippen LogP) is 2.65. The van der Waals surface area contributed by atoms with Gasteiger partial charge in [0.1, 0.15) is 11.4 Å². The van der Waals surface area contributed by atoms with Crippen molar-refractivity contribution in [1.82, 2.24) is 5.16 Å². The average molecular weight is 263 g/mol. The fourth-order valence-corrected chi connectivity index (χ4v) is 1.58. The van der Waals surface area contributed by atoms with Crippen molar-refractivity contribution in [1.29, 1.82) is 0 Å². The van der Waals surface area contributed by atoms with Gasteiger partial charge in [0.15, 0.2) is 5.76 Å². The number of nitrogens with one attached hydrogen (secondary N) is 1. The van der Waals surface area contributed by atoms with Gasteiger partial charge < -0.3 is 9.63 Å². The minimum atomic E-state index is -1.27. The van der Waals surface area contributed by atoms with Crippen LogP contribution in [0, 0.1) is 17.0 Å². The molecule has 0 aliphatic carbocycles. The molecule has 8 heteroatoms. The van der Waals surface area contributed by atoms with Gasteiger partial charge in [-0.3, -0.25) is 15.4 Å². The summed E-state index contributed by atoms with van der Waals surface area (Å²) >= 11 is 0. The van der Waals surface area contributed by atoms with Crippen LogP contribution < -0.4 is 5.32 Å². The molecule has 1 amide bonds. The second-order valence-corrected chi connectivity index (χ2v) is 3.71. The summed E-state index contributed by atoms with van der Waals surface area (Å²) in [5.41, 5.74) is 0.781. The number of aromatic nitrogens is 1. The number of anilines is 1. The van der Waals surface area contributed by atoms with E-state index in [0.717, 1.165) is 0 Å². The molecule has 0 fully saturated rings. The van der Waals surface area contributed by atoms with Gasteiger partial charge in [-0.1, -0.05) is 17.3 Å². The average Bonchev–Trinajstić information content (AvgIpc) is 2.71. The quantitative estimate of drug-likeness (QED) is 0.649. The molecule has 0 saturated carbocycles. The molecule has 0 spiro atoms. The number of nitro groups is 1. The van der Waals surface area contributed by atoms with Crippen molar-refractivity contribution in [2.75, 3.05) is 5.32 Å². The van der Waals surface area contributed by atoms with E-state index in [1.54, 1.807) is 13.0 Å². The molecular weight excluding hydrogens is 254 g/mol. The molecule has 19 heavy (non-hydrogen) atoms. The highest BCUT2D eigenvalue weighted by molar-refractivity contribution is 5.89. The van der Waals surface area contributed by atoms with E-state index in [9.17, 15) is 14.9 Å². The third-order valence-corrected chi connectivity index (χ3v) is 2.41. The molecule has 0 aliphatic heterocycles. The van der Waals surface area contributed by atoms with Gasteiger partial charge in [0.2, 0.25) is 0 Å². The summed E-state index contributed by atoms with van der Waals surface area (Å²) in [6, 6.07) is 5.67. The highest BCUT2D eigenvalue weighted by atomic mass is 16.6. The Bertz CT molecular complexity index is 650. The number of hydrogen-bond donors (Lipinski definition) is 2. The Morgan fingerprint density at radius 1 is 1.53 bits per heavy atom. The van der Waals surface area contributed by atoms with Crippen molar-refractivity contribution in [3.63, 3.8) is 0 Å². The summed E-state index contributed by atoms with van der Waals surface area (Å²) in [4.78, 5) is 20.8. The van der Waals surface area contributed by atoms with Crippen molar-refractivity contribution in [3.05, 3.63) is 40.1 Å². The van der Waals surface area contributed by atoms with E-state index in [2.05, 4.69) is 10.5 Å². The van der Waals surface area contributed by atoms with Crippen molar-refractivity contribution >= 4 is 17.5 Å². The maximum atomic E-state index is 10.7. The van der Waals surface area contributed by atoms with Crippen LogP contribution in [0.15, 0.2) is 28.8 Å². The predicted molar refractivity (Wildman–Crippen MR) is 65.0 cm³/mol. The second kappa shape index (κ2) is 4.77. The van der Waals surface area contributed by atoms with Crippen LogP contribution in [-0.2, 0) is 0 Å². The summed E-state index contributed by atoms with van der Waals surface area (Å²) < 4.78 is 5.02. The highest BCUT2D eigenvalue weighted by Gasteiger charge is 2.18. The molecule has 0 bridgehead atoms. The molecule has 98 valence electrons. The number of nitrogens with zero attached hydrogens (tertiary/aromatic N) is 2. The van der Waals surface area contributed by atoms with Gasteiger partial charge >= 0.3 is 6.09 Å². The van der Waals surface area contributed by atoms with Crippen LogP contribution in [-0.4, -0.2) is 21.3 Å². The molecule has 8 nitrogen and oxygen atoms in total. The van der Waals surface area contributed by atoms with Crippen molar-refractivity contribution in [2.24, 2.45) is 0 Å². The van der Waals surface area contributed by atoms with Gasteiger partial charge in [-0.15, -0.1) is 0 Å². The third kappa shape index (κ3) is 2.51. The van der Waals surface area contributed by atoms with Gasteiger partial charge in [0.05, 0.1) is 4.92 Å². The van der Waals surface area contributed by atoms with E-state index in [1.807, 2.05) is 0 Å². The van der Waals surface area contributed by atoms with Gasteiger partial charge in [-0.05, 0) is 6.92 Å². The number of non-ortho nitro benzene ring substituents is 1. The van der Waals surface area contributed by atoms with Crippen molar-refractivity contribution < 1.29 is 19.3 Å². The number of aryl methyl sites for hydroxylation is 1. The van der Waals surface area contributed by atoms with E-state index >= 15 is 0 Å². The summed E-state index contributed by atoms with van der Waals surface area (Å²) in [7, 11) is 0. The minimum absolute atomic E-state index is 0.118. The third-order valence-electron chi connectivity index (χ3n) is 2.41. The van der Waals surface area contributed by atoms with E-state index in [-0.39, 0.29) is 17.1 Å². The molecule has 2 N–H and O–H groups in total. The molecule has 0 saturated heterocycles. The molecule has 2 rings (SSSR count). The Morgan fingerprint density at radius 2 is 2.26 bits per heavy atom. The topological polar surface area (TPSA) is 119 Å². The number of benzene rings is 1. The maximum Gasteiger partial charge on any atom is 0.409 e. The van der Waals surface area contributed by atoms with Crippen LogP contribution >= 0.6 is 0 Å². The smallest absolute Gasteiger partial charge is 0.409 e. The fraction of sp³-hybridized carbons (Fsp3) is 0.0909. The second-order valence-electron chi connectivity index (χ2n) is 3.71. The van der Waals surface area contributed by atoms with Crippen LogP contribution in [0.1, 0.15) is 5.69 Å². The normalized spacial score (nSPS) is 10.2. The van der Waals surface area contributed by atoms with E-state index in [4.69, 9.17) is 9.63 Å². The molecule has 0 atom stereocenters. The van der Waals surface area contributed by atoms with Crippen molar-refractivity contribution in [2.45, 2.75) is 6.92 Å². The Hall–Kier alpha value is -2.90. The van der Waals surface area contributed by atoms with Gasteiger partial charge in [0, 0.05) is 17.7 Å². The Balaban J connectivity index is 2.50. The molecule has 0 radical (unpaired) electrons. The Labute approximate surface area is 106 Å². The van der Waals surface area contributed by atoms with Crippen LogP contribution in [0.3, 0.4) is 0 Å². The van der Waals surface area contributed by atoms with Crippen molar-refractivity contribution in [3.8, 4) is 11.3 Å². The SMILES string of the molecule is Cc1noc(-c2cccc([N+](=O)[O-])c2)c1NC(=O)O. The first-order valence-corrected chi connectivity index (χ1v) is 5.20. The first-order valence-electron chi connectivity index (χ1n) is 5.20. The number of hydrogen-bond acceptors (Lipinski definition) is 5. The van der Waals surface area contributed by atoms with Crippen LogP contribution in [0.25, 0.3) is 11.3 Å². The van der Waals surface area contributed by atoms with E-state index < -0.39 is 11.0 Å². The number of rotatable bonds is 3. The summed E-state index contributed by atoms with van der Waals surface area (Å²) in [6.45, 7) is 1.57. The highest BCUT2D eigenvalue weighted by Crippen LogP contribution is 2.32. The van der Waals surface area contributed by atoms with Crippen LogP contribution in [0.4, 0.5) is 16.2 Å². The standard InChI is InChI=1S/C11H9N3O5/c1-6-9(12-11(15)16)10(19-13-6)7-3-2-4-8(5-7)14(17)18/h2-5,12H,1H3,(H,15,16). The van der Waals surface area contributed by atoms with E-state index in [1.165, 1.54) is 18.2 Å². The van der Waals surface area contributed by atoms with Crippen LogP contribution in [0.5, 0.6) is 0 Å². The lowest BCUT2D eigenvalue weighted by atomic mass is 10.1. The number of amides is 1. The van der Waals surface area contributed by atoms with Crippen LogP contribution in [0.2, 0.25) is 0 Å². The van der Waals surface area contributed by atoms with E-state index in [0.29, 0.717) is 11.3 Å². The number of carboxylic acid groups (broad SMARTS) is 1. The zero-order chi connectivity index (χ0) is 14.0. The monoisotopic (exact) mass is 263 g/mol. The maximum absolute atomic E-state index is 10.7. The molecule has 0 aliphatic rings. The molecular formula is C11H9N3O5. The summed E-state index contributed by atoms with van der Waals surface area (Å²) in [5.74, 6) is 0.142. The van der Waals surface area contributed by atoms with Gasteiger partial charge in [-0.25, -0.2) is 4.79 Å². The lowest BCUT2D eigenvalue weighted by molar-refractivity contribution is -0.384. The van der Waals surface area contributed by atoms with Gasteiger partial charge in [0.25, 0.3) is 5.69 Å².